The van der Waals surface area contributed by atoms with Crippen molar-refractivity contribution in [3.63, 3.8) is 0 Å². The predicted molar refractivity (Wildman–Crippen MR) is 90.8 cm³/mol. The zero-order valence-electron chi connectivity index (χ0n) is 14.5. The third-order valence-electron chi connectivity index (χ3n) is 4.71. The van der Waals surface area contributed by atoms with Gasteiger partial charge in [-0.2, -0.15) is 5.10 Å². The summed E-state index contributed by atoms with van der Waals surface area (Å²) >= 11 is 0. The Morgan fingerprint density at radius 2 is 2.09 bits per heavy atom. The Balaban J connectivity index is 1.74. The van der Waals surface area contributed by atoms with E-state index in [1.165, 1.54) is 11.4 Å². The van der Waals surface area contributed by atoms with Gasteiger partial charge in [-0.05, 0) is 13.1 Å². The third-order valence-corrected chi connectivity index (χ3v) is 4.71. The molecule has 3 heterocycles. The van der Waals surface area contributed by atoms with E-state index in [1.54, 1.807) is 0 Å². The summed E-state index contributed by atoms with van der Waals surface area (Å²) in [6, 6.07) is 0. The molecule has 0 unspecified atom stereocenters. The van der Waals surface area contributed by atoms with Gasteiger partial charge in [-0.25, -0.2) is 4.98 Å². The molecule has 0 aliphatic carbocycles. The highest BCUT2D eigenvalue weighted by molar-refractivity contribution is 5.05. The molecular formula is C17H28N6. The third kappa shape index (κ3) is 4.00. The van der Waals surface area contributed by atoms with Gasteiger partial charge in [-0.15, -0.1) is 0 Å². The number of imidazole rings is 1. The van der Waals surface area contributed by atoms with Gasteiger partial charge in [0.1, 0.15) is 5.82 Å². The fourth-order valence-electron chi connectivity index (χ4n) is 3.52. The van der Waals surface area contributed by atoms with Crippen molar-refractivity contribution in [1.82, 2.24) is 29.1 Å². The lowest BCUT2D eigenvalue weighted by atomic mass is 10.1. The van der Waals surface area contributed by atoms with Crippen LogP contribution >= 0.6 is 0 Å². The van der Waals surface area contributed by atoms with Crippen molar-refractivity contribution < 1.29 is 0 Å². The monoisotopic (exact) mass is 316 g/mol. The highest BCUT2D eigenvalue weighted by Gasteiger charge is 2.23. The molecule has 2 aromatic rings. The van der Waals surface area contributed by atoms with Crippen LogP contribution in [0.3, 0.4) is 0 Å². The lowest BCUT2D eigenvalue weighted by Crippen LogP contribution is -2.36. The van der Waals surface area contributed by atoms with Gasteiger partial charge in [0.05, 0.1) is 12.7 Å². The lowest BCUT2D eigenvalue weighted by molar-refractivity contribution is 0.174. The normalized spacial score (nSPS) is 19.0. The van der Waals surface area contributed by atoms with Gasteiger partial charge < -0.3 is 9.47 Å². The molecule has 6 heteroatoms. The number of rotatable bonds is 6. The average molecular weight is 316 g/mol. The number of nitrogens with zero attached hydrogens (tertiary/aromatic N) is 6. The van der Waals surface area contributed by atoms with Crippen molar-refractivity contribution in [3.8, 4) is 0 Å². The van der Waals surface area contributed by atoms with Gasteiger partial charge in [-0.3, -0.25) is 9.58 Å². The van der Waals surface area contributed by atoms with Gasteiger partial charge >= 0.3 is 0 Å². The van der Waals surface area contributed by atoms with Gasteiger partial charge in [0.25, 0.3) is 0 Å². The van der Waals surface area contributed by atoms with Crippen LogP contribution in [0.15, 0.2) is 24.8 Å². The maximum atomic E-state index is 4.55. The summed E-state index contributed by atoms with van der Waals surface area (Å²) in [4.78, 5) is 9.59. The van der Waals surface area contributed by atoms with Crippen LogP contribution in [-0.4, -0.2) is 55.3 Å². The Morgan fingerprint density at radius 1 is 1.26 bits per heavy atom. The van der Waals surface area contributed by atoms with Gasteiger partial charge in [-0.1, -0.05) is 13.8 Å². The van der Waals surface area contributed by atoms with Gasteiger partial charge in [0, 0.05) is 63.3 Å². The van der Waals surface area contributed by atoms with Crippen molar-refractivity contribution in [2.45, 2.75) is 33.5 Å². The van der Waals surface area contributed by atoms with Gasteiger partial charge in [0.15, 0.2) is 0 Å². The molecule has 0 saturated heterocycles. The van der Waals surface area contributed by atoms with E-state index in [-0.39, 0.29) is 0 Å². The summed E-state index contributed by atoms with van der Waals surface area (Å²) in [5.41, 5.74) is 1.27. The topological polar surface area (TPSA) is 42.1 Å². The summed E-state index contributed by atoms with van der Waals surface area (Å²) < 4.78 is 4.21. The first kappa shape index (κ1) is 16.2. The fraction of sp³-hybridized carbons (Fsp3) is 0.647. The second-order valence-corrected chi connectivity index (χ2v) is 6.54. The highest BCUT2D eigenvalue weighted by Crippen LogP contribution is 2.18. The molecule has 23 heavy (non-hydrogen) atoms. The number of hydrogen-bond donors (Lipinski definition) is 0. The van der Waals surface area contributed by atoms with E-state index >= 15 is 0 Å². The number of aryl methyl sites for hydroxylation is 1. The smallest absolute Gasteiger partial charge is 0.122 e. The van der Waals surface area contributed by atoms with Crippen LogP contribution in [0.5, 0.6) is 0 Å². The number of fused-ring (bicyclic) bond motifs is 1. The van der Waals surface area contributed by atoms with E-state index < -0.39 is 0 Å². The molecule has 1 aliphatic heterocycles. The SMILES string of the molecule is CCN(CC)C[C@@H]1CN(Cc2cnn(C)c2)Cc2nccn2C1. The maximum Gasteiger partial charge on any atom is 0.122 e. The average Bonchev–Trinajstić information content (AvgIpc) is 3.10. The fourth-order valence-corrected chi connectivity index (χ4v) is 3.52. The van der Waals surface area contributed by atoms with E-state index in [4.69, 9.17) is 0 Å². The molecule has 0 saturated carbocycles. The summed E-state index contributed by atoms with van der Waals surface area (Å²) in [7, 11) is 1.97. The minimum absolute atomic E-state index is 0.627. The molecule has 3 rings (SSSR count). The molecule has 0 amide bonds. The Morgan fingerprint density at radius 3 is 2.78 bits per heavy atom. The van der Waals surface area contributed by atoms with Crippen molar-refractivity contribution in [1.29, 1.82) is 0 Å². The summed E-state index contributed by atoms with van der Waals surface area (Å²) in [6.07, 6.45) is 8.13. The van der Waals surface area contributed by atoms with Gasteiger partial charge in [0.2, 0.25) is 0 Å². The van der Waals surface area contributed by atoms with Crippen molar-refractivity contribution in [2.24, 2.45) is 13.0 Å². The highest BCUT2D eigenvalue weighted by atomic mass is 15.3. The minimum Gasteiger partial charge on any atom is -0.333 e. The molecule has 0 spiro atoms. The summed E-state index contributed by atoms with van der Waals surface area (Å²) in [6.45, 7) is 11.9. The molecule has 0 radical (unpaired) electrons. The van der Waals surface area contributed by atoms with E-state index in [0.29, 0.717) is 5.92 Å². The maximum absolute atomic E-state index is 4.55. The van der Waals surface area contributed by atoms with Crippen LogP contribution in [0.25, 0.3) is 0 Å². The molecular weight excluding hydrogens is 288 g/mol. The number of hydrogen-bond acceptors (Lipinski definition) is 4. The molecule has 1 aliphatic rings. The molecule has 0 N–H and O–H groups in total. The summed E-state index contributed by atoms with van der Waals surface area (Å²) in [5, 5.41) is 4.29. The minimum atomic E-state index is 0.627. The molecule has 126 valence electrons. The molecule has 2 aromatic heterocycles. The molecule has 0 fully saturated rings. The van der Waals surface area contributed by atoms with E-state index in [2.05, 4.69) is 50.7 Å². The van der Waals surface area contributed by atoms with Crippen LogP contribution in [0.1, 0.15) is 25.2 Å². The van der Waals surface area contributed by atoms with Crippen molar-refractivity contribution in [3.05, 3.63) is 36.2 Å². The molecule has 0 bridgehead atoms. The Labute approximate surface area is 138 Å². The van der Waals surface area contributed by atoms with E-state index in [0.717, 1.165) is 45.8 Å². The standard InChI is InChI=1S/C17H28N6/c1-4-21(5-2)11-16-12-22(10-15-8-19-20(3)9-15)14-17-18-6-7-23(17)13-16/h6-9,16H,4-5,10-14H2,1-3H3/t16-/m1/s1. The van der Waals surface area contributed by atoms with Crippen LogP contribution in [0, 0.1) is 5.92 Å². The summed E-state index contributed by atoms with van der Waals surface area (Å²) in [5.74, 6) is 1.80. The quantitative estimate of drug-likeness (QED) is 0.812. The van der Waals surface area contributed by atoms with E-state index in [1.807, 2.05) is 24.1 Å². The Bertz CT molecular complexity index is 612. The molecule has 1 atom stereocenters. The van der Waals surface area contributed by atoms with Crippen molar-refractivity contribution in [2.75, 3.05) is 26.2 Å². The first-order valence-corrected chi connectivity index (χ1v) is 8.60. The van der Waals surface area contributed by atoms with E-state index in [9.17, 15) is 0 Å². The first-order valence-electron chi connectivity index (χ1n) is 8.60. The van der Waals surface area contributed by atoms with Crippen LogP contribution in [-0.2, 0) is 26.7 Å². The predicted octanol–water partition coefficient (Wildman–Crippen LogP) is 1.59. The zero-order valence-corrected chi connectivity index (χ0v) is 14.5. The first-order chi connectivity index (χ1) is 11.2. The Hall–Kier alpha value is -1.66. The zero-order chi connectivity index (χ0) is 16.2. The van der Waals surface area contributed by atoms with Crippen molar-refractivity contribution >= 4 is 0 Å². The second kappa shape index (κ2) is 7.27. The second-order valence-electron chi connectivity index (χ2n) is 6.54. The molecule has 6 nitrogen and oxygen atoms in total. The van der Waals surface area contributed by atoms with Crippen LogP contribution in [0.4, 0.5) is 0 Å². The largest absolute Gasteiger partial charge is 0.333 e. The number of aromatic nitrogens is 4. The van der Waals surface area contributed by atoms with Crippen LogP contribution < -0.4 is 0 Å². The molecule has 0 aromatic carbocycles. The lowest BCUT2D eigenvalue weighted by Gasteiger charge is -2.28. The Kier molecular flexibility index (Phi) is 5.13. The van der Waals surface area contributed by atoms with Crippen LogP contribution in [0.2, 0.25) is 0 Å².